The first-order chi connectivity index (χ1) is 15.0. The molecule has 0 saturated carbocycles. The lowest BCUT2D eigenvalue weighted by Gasteiger charge is -2.26. The molecule has 1 saturated heterocycles. The van der Waals surface area contributed by atoms with Crippen molar-refractivity contribution < 1.29 is 17.9 Å². The second-order valence-electron chi connectivity index (χ2n) is 7.17. The summed E-state index contributed by atoms with van der Waals surface area (Å²) >= 11 is 0. The number of H-pyrrole nitrogens is 1. The van der Waals surface area contributed by atoms with Gasteiger partial charge in [0.1, 0.15) is 11.4 Å². The van der Waals surface area contributed by atoms with Crippen LogP contribution >= 0.6 is 0 Å². The molecule has 1 fully saturated rings. The molecular weight excluding hydrogens is 418 g/mol. The third kappa shape index (κ3) is 4.30. The van der Waals surface area contributed by atoms with Crippen molar-refractivity contribution in [2.24, 2.45) is 0 Å². The lowest BCUT2D eigenvalue weighted by molar-refractivity contribution is 0.102. The van der Waals surface area contributed by atoms with E-state index >= 15 is 0 Å². The normalized spacial score (nSPS) is 14.9. The Balaban J connectivity index is 1.64. The van der Waals surface area contributed by atoms with Crippen molar-refractivity contribution in [3.63, 3.8) is 0 Å². The summed E-state index contributed by atoms with van der Waals surface area (Å²) in [4.78, 5) is 13.1. The Morgan fingerprint density at radius 2 is 1.81 bits per heavy atom. The van der Waals surface area contributed by atoms with Gasteiger partial charge in [-0.2, -0.15) is 19.7 Å². The van der Waals surface area contributed by atoms with Crippen LogP contribution < -0.4 is 10.1 Å². The molecule has 10 heteroatoms. The summed E-state index contributed by atoms with van der Waals surface area (Å²) in [6.45, 7) is 0.991. The van der Waals surface area contributed by atoms with Crippen LogP contribution in [-0.4, -0.2) is 54.2 Å². The third-order valence-electron chi connectivity index (χ3n) is 5.18. The highest BCUT2D eigenvalue weighted by Gasteiger charge is 2.27. The average molecular weight is 442 g/mol. The lowest BCUT2D eigenvalue weighted by Crippen LogP contribution is -2.35. The van der Waals surface area contributed by atoms with Crippen LogP contribution in [0.5, 0.6) is 5.75 Å². The molecular formula is C21H23N5O4S. The number of hydrogen-bond acceptors (Lipinski definition) is 6. The van der Waals surface area contributed by atoms with Gasteiger partial charge in [-0.1, -0.05) is 36.8 Å². The Morgan fingerprint density at radius 1 is 1.06 bits per heavy atom. The van der Waals surface area contributed by atoms with Crippen LogP contribution in [0.4, 0.5) is 5.69 Å². The standard InChI is InChI=1S/C21H23N5O4S/c1-30-18-11-10-16(31(28,29)26-12-6-3-7-13-26)14-17(18)22-21(27)20-19(23-25-24-20)15-8-4-2-5-9-15/h2,4-5,8-11,14H,3,6-7,12-13H2,1H3,(H,22,27)(H,23,24,25). The molecule has 1 aromatic heterocycles. The minimum Gasteiger partial charge on any atom is -0.495 e. The number of nitrogens with zero attached hydrogens (tertiary/aromatic N) is 3. The predicted octanol–water partition coefficient (Wildman–Crippen LogP) is 2.91. The van der Waals surface area contributed by atoms with Gasteiger partial charge >= 0.3 is 0 Å². The number of carbonyl (C=O) groups excluding carboxylic acids is 1. The van der Waals surface area contributed by atoms with Gasteiger partial charge in [0, 0.05) is 18.7 Å². The van der Waals surface area contributed by atoms with Gasteiger partial charge in [-0.05, 0) is 31.0 Å². The topological polar surface area (TPSA) is 117 Å². The Bertz CT molecular complexity index is 1170. The summed E-state index contributed by atoms with van der Waals surface area (Å²) in [5.74, 6) is -0.186. The van der Waals surface area contributed by atoms with Crippen LogP contribution in [0.25, 0.3) is 11.3 Å². The Labute approximate surface area is 180 Å². The highest BCUT2D eigenvalue weighted by atomic mass is 32.2. The van der Waals surface area contributed by atoms with Crippen LogP contribution in [0.2, 0.25) is 0 Å². The zero-order chi connectivity index (χ0) is 21.8. The number of rotatable bonds is 6. The molecule has 0 bridgehead atoms. The number of aromatic amines is 1. The number of methoxy groups -OCH3 is 1. The zero-order valence-corrected chi connectivity index (χ0v) is 17.9. The van der Waals surface area contributed by atoms with Gasteiger partial charge in [0.2, 0.25) is 10.0 Å². The van der Waals surface area contributed by atoms with E-state index in [1.807, 2.05) is 30.3 Å². The van der Waals surface area contributed by atoms with Crippen molar-refractivity contribution in [1.82, 2.24) is 19.7 Å². The average Bonchev–Trinajstić information content (AvgIpc) is 3.30. The molecule has 31 heavy (non-hydrogen) atoms. The van der Waals surface area contributed by atoms with E-state index in [-0.39, 0.29) is 16.3 Å². The molecule has 162 valence electrons. The molecule has 0 radical (unpaired) electrons. The van der Waals surface area contributed by atoms with E-state index in [0.717, 1.165) is 24.8 Å². The summed E-state index contributed by atoms with van der Waals surface area (Å²) in [5, 5.41) is 13.2. The van der Waals surface area contributed by atoms with Crippen LogP contribution in [-0.2, 0) is 10.0 Å². The molecule has 0 atom stereocenters. The summed E-state index contributed by atoms with van der Waals surface area (Å²) < 4.78 is 32.9. The molecule has 2 aromatic carbocycles. The molecule has 9 nitrogen and oxygen atoms in total. The van der Waals surface area contributed by atoms with Crippen LogP contribution in [0.1, 0.15) is 29.8 Å². The number of sulfonamides is 1. The first-order valence-electron chi connectivity index (χ1n) is 9.96. The van der Waals surface area contributed by atoms with Gasteiger partial charge < -0.3 is 10.1 Å². The van der Waals surface area contributed by atoms with E-state index in [9.17, 15) is 13.2 Å². The van der Waals surface area contributed by atoms with Gasteiger partial charge in [0.25, 0.3) is 5.91 Å². The summed E-state index contributed by atoms with van der Waals surface area (Å²) in [6, 6.07) is 13.6. The number of amides is 1. The molecule has 0 spiro atoms. The minimum absolute atomic E-state index is 0.0949. The molecule has 1 aliphatic heterocycles. The van der Waals surface area contributed by atoms with E-state index in [1.54, 1.807) is 0 Å². The molecule has 1 aliphatic rings. The van der Waals surface area contributed by atoms with Gasteiger partial charge in [-0.3, -0.25) is 4.79 Å². The number of anilines is 1. The van der Waals surface area contributed by atoms with Crippen molar-refractivity contribution in [1.29, 1.82) is 0 Å². The van der Waals surface area contributed by atoms with Crippen molar-refractivity contribution in [2.45, 2.75) is 24.2 Å². The fourth-order valence-electron chi connectivity index (χ4n) is 3.57. The Kier molecular flexibility index (Phi) is 6.01. The van der Waals surface area contributed by atoms with E-state index in [1.165, 1.54) is 29.6 Å². The van der Waals surface area contributed by atoms with Gasteiger partial charge in [0.05, 0.1) is 17.7 Å². The number of hydrogen-bond donors (Lipinski definition) is 2. The zero-order valence-electron chi connectivity index (χ0n) is 17.0. The maximum absolute atomic E-state index is 13.0. The lowest BCUT2D eigenvalue weighted by atomic mass is 10.1. The number of benzene rings is 2. The molecule has 0 aliphatic carbocycles. The molecule has 3 aromatic rings. The first kappa shape index (κ1) is 21.0. The Morgan fingerprint density at radius 3 is 2.52 bits per heavy atom. The van der Waals surface area contributed by atoms with E-state index < -0.39 is 15.9 Å². The largest absolute Gasteiger partial charge is 0.495 e. The van der Waals surface area contributed by atoms with E-state index in [4.69, 9.17) is 4.74 Å². The fraction of sp³-hybridized carbons (Fsp3) is 0.286. The van der Waals surface area contributed by atoms with Gasteiger partial charge in [-0.25, -0.2) is 8.42 Å². The second kappa shape index (κ2) is 8.86. The molecule has 4 rings (SSSR count). The summed E-state index contributed by atoms with van der Waals surface area (Å²) in [7, 11) is -2.20. The van der Waals surface area contributed by atoms with E-state index in [0.29, 0.717) is 24.5 Å². The maximum Gasteiger partial charge on any atom is 0.278 e. The highest BCUT2D eigenvalue weighted by Crippen LogP contribution is 2.31. The number of ether oxygens (including phenoxy) is 1. The van der Waals surface area contributed by atoms with E-state index in [2.05, 4.69) is 20.7 Å². The SMILES string of the molecule is COc1ccc(S(=O)(=O)N2CCCCC2)cc1NC(=O)c1n[nH]nc1-c1ccccc1. The summed E-state index contributed by atoms with van der Waals surface area (Å²) in [5.41, 5.74) is 1.47. The molecule has 2 N–H and O–H groups in total. The molecule has 0 unspecified atom stereocenters. The van der Waals surface area contributed by atoms with Crippen LogP contribution in [0.3, 0.4) is 0 Å². The number of nitrogens with one attached hydrogen (secondary N) is 2. The van der Waals surface area contributed by atoms with Crippen LogP contribution in [0, 0.1) is 0 Å². The predicted molar refractivity (Wildman–Crippen MR) is 115 cm³/mol. The quantitative estimate of drug-likeness (QED) is 0.607. The summed E-state index contributed by atoms with van der Waals surface area (Å²) in [6.07, 6.45) is 2.71. The first-order valence-corrected chi connectivity index (χ1v) is 11.4. The van der Waals surface area contributed by atoms with Crippen molar-refractivity contribution in [3.8, 4) is 17.0 Å². The maximum atomic E-state index is 13.0. The van der Waals surface area contributed by atoms with Gasteiger partial charge in [0.15, 0.2) is 5.69 Å². The number of piperidine rings is 1. The third-order valence-corrected chi connectivity index (χ3v) is 7.08. The molecule has 1 amide bonds. The Hall–Kier alpha value is -3.24. The highest BCUT2D eigenvalue weighted by molar-refractivity contribution is 7.89. The minimum atomic E-state index is -3.66. The van der Waals surface area contributed by atoms with Crippen molar-refractivity contribution >= 4 is 21.6 Å². The molecule has 2 heterocycles. The smallest absolute Gasteiger partial charge is 0.278 e. The van der Waals surface area contributed by atoms with Gasteiger partial charge in [-0.15, -0.1) is 0 Å². The fourth-order valence-corrected chi connectivity index (χ4v) is 5.11. The number of aromatic nitrogens is 3. The van der Waals surface area contributed by atoms with Crippen molar-refractivity contribution in [2.75, 3.05) is 25.5 Å². The number of carbonyl (C=O) groups is 1. The van der Waals surface area contributed by atoms with Crippen LogP contribution in [0.15, 0.2) is 53.4 Å². The second-order valence-corrected chi connectivity index (χ2v) is 9.11. The monoisotopic (exact) mass is 441 g/mol. The van der Waals surface area contributed by atoms with Crippen molar-refractivity contribution in [3.05, 3.63) is 54.2 Å².